The second-order valence-electron chi connectivity index (χ2n) is 6.98. The van der Waals surface area contributed by atoms with Crippen LogP contribution in [0.15, 0.2) is 69.7 Å². The van der Waals surface area contributed by atoms with Crippen LogP contribution in [0.1, 0.15) is 21.5 Å². The van der Waals surface area contributed by atoms with Gasteiger partial charge in [0.2, 0.25) is 0 Å². The van der Waals surface area contributed by atoms with Crippen LogP contribution in [0.3, 0.4) is 0 Å². The van der Waals surface area contributed by atoms with Gasteiger partial charge in [-0.15, -0.1) is 0 Å². The first-order valence-corrected chi connectivity index (χ1v) is 15.1. The molecule has 0 bridgehead atoms. The van der Waals surface area contributed by atoms with Crippen LogP contribution >= 0.6 is 63.7 Å². The van der Waals surface area contributed by atoms with Crippen molar-refractivity contribution in [2.45, 2.75) is 4.90 Å². The maximum atomic E-state index is 12.3. The van der Waals surface area contributed by atoms with Crippen molar-refractivity contribution in [3.8, 4) is 5.75 Å². The van der Waals surface area contributed by atoms with Crippen molar-refractivity contribution in [1.29, 1.82) is 0 Å². The minimum absolute atomic E-state index is 0.0433. The number of carboxylic acid groups (broad SMARTS) is 1. The number of aromatic hydroxyl groups is 1. The topological polar surface area (TPSA) is 183 Å². The molecule has 190 valence electrons. The van der Waals surface area contributed by atoms with Gasteiger partial charge in [0.1, 0.15) is 15.6 Å². The number of hydrogen-bond acceptors (Lipinski definition) is 7. The van der Waals surface area contributed by atoms with Crippen molar-refractivity contribution >= 4 is 101 Å². The second kappa shape index (κ2) is 10.2. The lowest BCUT2D eigenvalue weighted by atomic mass is 9.88. The van der Waals surface area contributed by atoms with E-state index < -0.39 is 47.5 Å². The number of hydrogen-bond donors (Lipinski definition) is 4. The van der Waals surface area contributed by atoms with Crippen LogP contribution in [0.5, 0.6) is 5.75 Å². The van der Waals surface area contributed by atoms with E-state index in [4.69, 9.17) is 0 Å². The quantitative estimate of drug-likeness (QED) is 0.181. The Morgan fingerprint density at radius 3 is 1.86 bits per heavy atom. The smallest absolute Gasteiger partial charge is 0.337 e. The third-order valence-electron chi connectivity index (χ3n) is 4.77. The highest BCUT2D eigenvalue weighted by atomic mass is 79.9. The Hall–Kier alpha value is -1.66. The highest BCUT2D eigenvalue weighted by Crippen LogP contribution is 2.47. The van der Waals surface area contributed by atoms with E-state index in [0.717, 1.165) is 30.4 Å². The summed E-state index contributed by atoms with van der Waals surface area (Å²) in [5.74, 6) is -3.32. The molecular formula is C20H10Br4O10S2. The minimum Gasteiger partial charge on any atom is -0.506 e. The van der Waals surface area contributed by atoms with Gasteiger partial charge >= 0.3 is 5.97 Å². The molecule has 0 aliphatic heterocycles. The number of phenols is 1. The SMILES string of the molecule is O=C1C=CC(=C(c2ccc(O)c(S(=O)(=O)O)c2)c2c(Br)c(Br)c(Br)c(Br)c2C(=O)O)C=C1S(=O)(=O)O. The van der Waals surface area contributed by atoms with Crippen LogP contribution in [0.2, 0.25) is 0 Å². The van der Waals surface area contributed by atoms with E-state index >= 15 is 0 Å². The highest BCUT2D eigenvalue weighted by molar-refractivity contribution is 9.15. The molecule has 0 amide bonds. The van der Waals surface area contributed by atoms with E-state index in [1.54, 1.807) is 0 Å². The average molecular weight is 794 g/mol. The zero-order chi connectivity index (χ0) is 27.3. The van der Waals surface area contributed by atoms with E-state index in [1.165, 1.54) is 6.07 Å². The van der Waals surface area contributed by atoms with E-state index in [-0.39, 0.29) is 41.3 Å². The zero-order valence-corrected chi connectivity index (χ0v) is 25.0. The number of rotatable bonds is 5. The molecule has 16 heteroatoms. The monoisotopic (exact) mass is 790 g/mol. The summed E-state index contributed by atoms with van der Waals surface area (Å²) in [6, 6.07) is 2.93. The first-order chi connectivity index (χ1) is 16.5. The molecule has 0 radical (unpaired) electrons. The van der Waals surface area contributed by atoms with Crippen LogP contribution in [-0.4, -0.2) is 47.9 Å². The fraction of sp³-hybridized carbons (Fsp3) is 0. The van der Waals surface area contributed by atoms with Gasteiger partial charge in [0.05, 0.1) is 5.56 Å². The lowest BCUT2D eigenvalue weighted by Crippen LogP contribution is -2.14. The van der Waals surface area contributed by atoms with Crippen LogP contribution in [0.4, 0.5) is 0 Å². The van der Waals surface area contributed by atoms with E-state index in [0.29, 0.717) is 4.47 Å². The lowest BCUT2D eigenvalue weighted by Gasteiger charge is -2.21. The standard InChI is InChI=1S/C20H10Br4O10S2/c21-16-14(15(20(27)28)17(22)19(24)18(16)23)13(7-1-3-9(25)11(5-7)35(29,30)31)8-2-4-10(26)12(6-8)36(32,33)34/h1-6,25H,(H,27,28)(H,29,30,31)(H,32,33,34). The molecule has 4 N–H and O–H groups in total. The van der Waals surface area contributed by atoms with Gasteiger partial charge in [0, 0.05) is 23.5 Å². The molecule has 3 rings (SSSR count). The van der Waals surface area contributed by atoms with Crippen LogP contribution in [-0.2, 0) is 25.0 Å². The first kappa shape index (κ1) is 28.9. The summed E-state index contributed by atoms with van der Waals surface area (Å²) < 4.78 is 67.1. The first-order valence-electron chi connectivity index (χ1n) is 9.03. The number of carbonyl (C=O) groups excluding carboxylic acids is 1. The Balaban J connectivity index is 2.65. The van der Waals surface area contributed by atoms with Crippen molar-refractivity contribution in [3.05, 3.63) is 81.5 Å². The largest absolute Gasteiger partial charge is 0.506 e. The normalized spacial score (nSPS) is 15.6. The predicted octanol–water partition coefficient (Wildman–Crippen LogP) is 5.10. The van der Waals surface area contributed by atoms with Crippen molar-refractivity contribution in [3.63, 3.8) is 0 Å². The van der Waals surface area contributed by atoms with E-state index in [1.807, 2.05) is 0 Å². The number of carboxylic acids is 1. The van der Waals surface area contributed by atoms with Gasteiger partial charge in [-0.2, -0.15) is 16.8 Å². The van der Waals surface area contributed by atoms with Crippen LogP contribution < -0.4 is 0 Å². The number of benzene rings is 2. The fourth-order valence-corrected chi connectivity index (χ4v) is 6.96. The molecule has 0 heterocycles. The average Bonchev–Trinajstić information content (AvgIpc) is 2.76. The molecule has 1 aliphatic carbocycles. The molecule has 0 atom stereocenters. The predicted molar refractivity (Wildman–Crippen MR) is 142 cm³/mol. The molecule has 36 heavy (non-hydrogen) atoms. The van der Waals surface area contributed by atoms with Crippen LogP contribution in [0.25, 0.3) is 5.57 Å². The Bertz CT molecular complexity index is 1670. The van der Waals surface area contributed by atoms with Crippen molar-refractivity contribution in [2.75, 3.05) is 0 Å². The summed E-state index contributed by atoms with van der Waals surface area (Å²) in [7, 11) is -9.96. The number of carbonyl (C=O) groups is 2. The number of aromatic carboxylic acids is 1. The maximum absolute atomic E-state index is 12.3. The number of halogens is 4. The molecule has 0 unspecified atom stereocenters. The summed E-state index contributed by atoms with van der Waals surface area (Å²) >= 11 is 13.0. The molecule has 0 saturated heterocycles. The van der Waals surface area contributed by atoms with Crippen molar-refractivity contribution < 1.29 is 45.7 Å². The summed E-state index contributed by atoms with van der Waals surface area (Å²) in [6.07, 6.45) is 2.74. The number of allylic oxidation sites excluding steroid dienone is 5. The summed E-state index contributed by atoms with van der Waals surface area (Å²) in [5.41, 5.74) is -0.851. The van der Waals surface area contributed by atoms with Gasteiger partial charge in [-0.25, -0.2) is 4.79 Å². The van der Waals surface area contributed by atoms with Gasteiger partial charge in [-0.05, 0) is 105 Å². The van der Waals surface area contributed by atoms with Gasteiger partial charge in [0.25, 0.3) is 20.2 Å². The van der Waals surface area contributed by atoms with Crippen LogP contribution in [0, 0.1) is 0 Å². The van der Waals surface area contributed by atoms with E-state index in [9.17, 15) is 45.7 Å². The Morgan fingerprint density at radius 1 is 0.806 bits per heavy atom. The number of phenolic OH excluding ortho intramolecular Hbond substituents is 1. The minimum atomic E-state index is -5.01. The molecule has 0 fully saturated rings. The third-order valence-corrected chi connectivity index (χ3v) is 11.3. The molecule has 2 aromatic rings. The van der Waals surface area contributed by atoms with Gasteiger partial charge in [-0.1, -0.05) is 12.1 Å². The molecule has 2 aromatic carbocycles. The molecular weight excluding hydrogens is 784 g/mol. The number of ketones is 1. The van der Waals surface area contributed by atoms with Crippen molar-refractivity contribution in [1.82, 2.24) is 0 Å². The highest BCUT2D eigenvalue weighted by Gasteiger charge is 2.31. The van der Waals surface area contributed by atoms with E-state index in [2.05, 4.69) is 63.7 Å². The lowest BCUT2D eigenvalue weighted by molar-refractivity contribution is -0.110. The summed E-state index contributed by atoms with van der Waals surface area (Å²) in [6.45, 7) is 0. The Morgan fingerprint density at radius 2 is 1.36 bits per heavy atom. The zero-order valence-electron chi connectivity index (χ0n) is 17.0. The summed E-state index contributed by atoms with van der Waals surface area (Å²) in [4.78, 5) is 22.5. The van der Waals surface area contributed by atoms with Crippen molar-refractivity contribution in [2.24, 2.45) is 0 Å². The Labute approximate surface area is 237 Å². The fourth-order valence-electron chi connectivity index (χ4n) is 3.26. The molecule has 1 aliphatic rings. The third kappa shape index (κ3) is 5.45. The van der Waals surface area contributed by atoms with Gasteiger partial charge in [0.15, 0.2) is 5.78 Å². The molecule has 10 nitrogen and oxygen atoms in total. The second-order valence-corrected chi connectivity index (χ2v) is 12.9. The Kier molecular flexibility index (Phi) is 8.23. The maximum Gasteiger partial charge on any atom is 0.337 e. The van der Waals surface area contributed by atoms with Gasteiger partial charge in [-0.3, -0.25) is 13.9 Å². The molecule has 0 spiro atoms. The molecule has 0 aromatic heterocycles. The van der Waals surface area contributed by atoms with Gasteiger partial charge < -0.3 is 10.2 Å². The molecule has 0 saturated carbocycles. The summed E-state index contributed by atoms with van der Waals surface area (Å²) in [5, 5.41) is 20.0.